The molecule has 0 aliphatic heterocycles. The Morgan fingerprint density at radius 1 is 1.38 bits per heavy atom. The molecule has 0 aliphatic rings. The van der Waals surface area contributed by atoms with Crippen molar-refractivity contribution in [3.63, 3.8) is 0 Å². The van der Waals surface area contributed by atoms with E-state index >= 15 is 0 Å². The van der Waals surface area contributed by atoms with Gasteiger partial charge in [0.2, 0.25) is 5.76 Å². The van der Waals surface area contributed by atoms with Crippen LogP contribution in [0.2, 0.25) is 0 Å². The highest BCUT2D eigenvalue weighted by Crippen LogP contribution is 2.18. The second-order valence-electron chi connectivity index (χ2n) is 4.23. The molecule has 0 radical (unpaired) electrons. The summed E-state index contributed by atoms with van der Waals surface area (Å²) in [5.74, 6) is -0.165. The van der Waals surface area contributed by atoms with Crippen LogP contribution in [0, 0.1) is 13.8 Å². The van der Waals surface area contributed by atoms with Crippen molar-refractivity contribution < 1.29 is 18.7 Å². The van der Waals surface area contributed by atoms with Crippen molar-refractivity contribution >= 4 is 28.3 Å². The number of carbonyl (C=O) groups excluding carboxylic acids is 2. The second-order valence-corrected chi connectivity index (χ2v) is 5.09. The minimum atomic E-state index is -0.412. The Labute approximate surface area is 125 Å². The molecule has 2 aromatic rings. The van der Waals surface area contributed by atoms with Crippen molar-refractivity contribution in [1.29, 1.82) is 0 Å². The number of nitrogens with one attached hydrogen (secondary N) is 1. The summed E-state index contributed by atoms with van der Waals surface area (Å²) < 4.78 is 10.1. The molecule has 0 bridgehead atoms. The summed E-state index contributed by atoms with van der Waals surface area (Å²) in [6, 6.07) is 0. The smallest absolute Gasteiger partial charge is 0.311 e. The maximum Gasteiger partial charge on any atom is 0.311 e. The second kappa shape index (κ2) is 6.49. The summed E-state index contributed by atoms with van der Waals surface area (Å²) >= 11 is 1.23. The topological polar surface area (TPSA) is 94.3 Å². The number of hydrogen-bond donors (Lipinski definition) is 1. The molecule has 0 spiro atoms. The number of rotatable bonds is 5. The van der Waals surface area contributed by atoms with Crippen LogP contribution in [0.15, 0.2) is 9.80 Å². The molecule has 2 aromatic heterocycles. The van der Waals surface area contributed by atoms with Crippen LogP contribution in [0.4, 0.5) is 5.13 Å². The van der Waals surface area contributed by atoms with Gasteiger partial charge in [0.25, 0.3) is 5.91 Å². The van der Waals surface area contributed by atoms with Crippen molar-refractivity contribution in [2.24, 2.45) is 0 Å². The van der Waals surface area contributed by atoms with E-state index in [-0.39, 0.29) is 18.2 Å². The maximum absolute atomic E-state index is 12.0. The maximum atomic E-state index is 12.0. The van der Waals surface area contributed by atoms with Crippen LogP contribution in [-0.2, 0) is 16.0 Å². The van der Waals surface area contributed by atoms with Crippen molar-refractivity contribution in [1.82, 2.24) is 9.97 Å². The Balaban J connectivity index is 2.00. The van der Waals surface area contributed by atoms with Crippen molar-refractivity contribution in [3.8, 4) is 0 Å². The number of ether oxygens (including phenoxy) is 1. The molecule has 0 fully saturated rings. The Hall–Kier alpha value is -2.22. The first-order valence-corrected chi connectivity index (χ1v) is 7.23. The predicted molar refractivity (Wildman–Crippen MR) is 76.4 cm³/mol. The minimum absolute atomic E-state index is 0.0840. The quantitative estimate of drug-likeness (QED) is 0.850. The van der Waals surface area contributed by atoms with E-state index in [2.05, 4.69) is 15.3 Å². The highest BCUT2D eigenvalue weighted by molar-refractivity contribution is 7.14. The molecule has 0 aromatic carbocycles. The van der Waals surface area contributed by atoms with Crippen LogP contribution in [0.1, 0.15) is 34.8 Å². The van der Waals surface area contributed by atoms with Crippen LogP contribution in [-0.4, -0.2) is 28.5 Å². The number of carbonyl (C=O) groups is 2. The third-order valence-electron chi connectivity index (χ3n) is 2.51. The molecule has 0 atom stereocenters. The van der Waals surface area contributed by atoms with Gasteiger partial charge in [-0.3, -0.25) is 14.9 Å². The monoisotopic (exact) mass is 309 g/mol. The normalized spacial score (nSPS) is 10.4. The van der Waals surface area contributed by atoms with Gasteiger partial charge in [-0.1, -0.05) is 0 Å². The van der Waals surface area contributed by atoms with E-state index in [1.165, 1.54) is 11.3 Å². The van der Waals surface area contributed by atoms with Crippen LogP contribution >= 0.6 is 11.3 Å². The lowest BCUT2D eigenvalue weighted by Gasteiger charge is -1.99. The minimum Gasteiger partial charge on any atom is -0.466 e. The molecule has 2 rings (SSSR count). The van der Waals surface area contributed by atoms with Gasteiger partial charge in [-0.15, -0.1) is 11.3 Å². The summed E-state index contributed by atoms with van der Waals surface area (Å²) in [5.41, 5.74) is 1.08. The van der Waals surface area contributed by atoms with Crippen molar-refractivity contribution in [2.45, 2.75) is 27.2 Å². The van der Waals surface area contributed by atoms with Crippen molar-refractivity contribution in [2.75, 3.05) is 11.9 Å². The first kappa shape index (κ1) is 15.2. The zero-order chi connectivity index (χ0) is 15.4. The lowest BCUT2D eigenvalue weighted by molar-refractivity contribution is -0.142. The molecule has 21 heavy (non-hydrogen) atoms. The molecule has 0 saturated heterocycles. The van der Waals surface area contributed by atoms with E-state index in [1.54, 1.807) is 26.2 Å². The van der Waals surface area contributed by atoms with Crippen LogP contribution in [0.25, 0.3) is 0 Å². The van der Waals surface area contributed by atoms with Gasteiger partial charge in [0.1, 0.15) is 0 Å². The predicted octanol–water partition coefficient (Wildman–Crippen LogP) is 2.11. The van der Waals surface area contributed by atoms with Gasteiger partial charge in [0, 0.05) is 12.3 Å². The van der Waals surface area contributed by atoms with E-state index < -0.39 is 5.91 Å². The van der Waals surface area contributed by atoms with E-state index in [1.807, 2.05) is 0 Å². The van der Waals surface area contributed by atoms with Gasteiger partial charge in [-0.05, 0) is 13.8 Å². The third kappa shape index (κ3) is 3.88. The van der Waals surface area contributed by atoms with Gasteiger partial charge < -0.3 is 9.15 Å². The van der Waals surface area contributed by atoms with E-state index in [9.17, 15) is 9.59 Å². The molecule has 0 aliphatic carbocycles. The lowest BCUT2D eigenvalue weighted by atomic mass is 10.3. The molecule has 112 valence electrons. The first-order chi connectivity index (χ1) is 9.99. The summed E-state index contributed by atoms with van der Waals surface area (Å²) in [5, 5.41) is 4.72. The average molecular weight is 309 g/mol. The number of hydrogen-bond acceptors (Lipinski definition) is 7. The van der Waals surface area contributed by atoms with Gasteiger partial charge >= 0.3 is 5.97 Å². The zero-order valence-corrected chi connectivity index (χ0v) is 12.7. The highest BCUT2D eigenvalue weighted by Gasteiger charge is 2.17. The first-order valence-electron chi connectivity index (χ1n) is 6.35. The number of aryl methyl sites for hydroxylation is 2. The van der Waals surface area contributed by atoms with E-state index in [0.29, 0.717) is 29.0 Å². The molecule has 0 saturated carbocycles. The molecular weight excluding hydrogens is 294 g/mol. The van der Waals surface area contributed by atoms with Gasteiger partial charge in [0.15, 0.2) is 11.0 Å². The fraction of sp³-hybridized carbons (Fsp3) is 0.385. The van der Waals surface area contributed by atoms with Gasteiger partial charge in [-0.2, -0.15) is 0 Å². The van der Waals surface area contributed by atoms with E-state index in [4.69, 9.17) is 9.15 Å². The number of oxazole rings is 1. The standard InChI is InChI=1S/C13H15N3O4S/c1-4-19-10(17)5-9-6-21-13(15-9)16-12(18)11-7(2)14-8(3)20-11/h6H,4-5H2,1-3H3,(H,15,16,18). The zero-order valence-electron chi connectivity index (χ0n) is 11.9. The largest absolute Gasteiger partial charge is 0.466 e. The fourth-order valence-electron chi connectivity index (χ4n) is 1.70. The van der Waals surface area contributed by atoms with Crippen LogP contribution in [0.5, 0.6) is 0 Å². The molecular formula is C13H15N3O4S. The SMILES string of the molecule is CCOC(=O)Cc1csc(NC(=O)c2oc(C)nc2C)n1. The number of esters is 1. The van der Waals surface area contributed by atoms with Crippen molar-refractivity contribution in [3.05, 3.63) is 28.4 Å². The molecule has 1 amide bonds. The Morgan fingerprint density at radius 2 is 2.14 bits per heavy atom. The van der Waals surface area contributed by atoms with Crippen LogP contribution in [0.3, 0.4) is 0 Å². The number of anilines is 1. The Bertz CT molecular complexity index is 662. The lowest BCUT2D eigenvalue weighted by Crippen LogP contribution is -2.12. The molecule has 0 unspecified atom stereocenters. The molecule has 7 nitrogen and oxygen atoms in total. The molecule has 2 heterocycles. The van der Waals surface area contributed by atoms with E-state index in [0.717, 1.165) is 0 Å². The average Bonchev–Trinajstić information content (AvgIpc) is 2.96. The number of thiazole rings is 1. The molecule has 8 heteroatoms. The van der Waals surface area contributed by atoms with Gasteiger partial charge in [-0.25, -0.2) is 9.97 Å². The third-order valence-corrected chi connectivity index (χ3v) is 3.32. The number of aromatic nitrogens is 2. The Morgan fingerprint density at radius 3 is 2.76 bits per heavy atom. The fourth-order valence-corrected chi connectivity index (χ4v) is 2.41. The summed E-state index contributed by atoms with van der Waals surface area (Å²) in [6.45, 7) is 5.44. The molecule has 1 N–H and O–H groups in total. The highest BCUT2D eigenvalue weighted by atomic mass is 32.1. The van der Waals surface area contributed by atoms with Gasteiger partial charge in [0.05, 0.1) is 24.4 Å². The summed E-state index contributed by atoms with van der Waals surface area (Å²) in [7, 11) is 0. The number of amides is 1. The number of nitrogens with zero attached hydrogens (tertiary/aromatic N) is 2. The van der Waals surface area contributed by atoms with Crippen LogP contribution < -0.4 is 5.32 Å². The summed E-state index contributed by atoms with van der Waals surface area (Å²) in [4.78, 5) is 31.5. The Kier molecular flexibility index (Phi) is 4.69. The summed E-state index contributed by atoms with van der Waals surface area (Å²) in [6.07, 6.45) is 0.0840.